The maximum absolute atomic E-state index is 12.5. The molecule has 1 aromatic carbocycles. The van der Waals surface area contributed by atoms with Crippen molar-refractivity contribution in [1.82, 2.24) is 35.0 Å². The van der Waals surface area contributed by atoms with Crippen LogP contribution in [0, 0.1) is 0 Å². The van der Waals surface area contributed by atoms with Crippen molar-refractivity contribution in [2.45, 2.75) is 32.6 Å². The van der Waals surface area contributed by atoms with Gasteiger partial charge in [0.2, 0.25) is 0 Å². The van der Waals surface area contributed by atoms with Gasteiger partial charge in [-0.15, -0.1) is 5.10 Å². The van der Waals surface area contributed by atoms with Crippen molar-refractivity contribution in [2.75, 3.05) is 49.3 Å². The maximum Gasteiger partial charge on any atom is 0.324 e. The molecule has 12 nitrogen and oxygen atoms in total. The summed E-state index contributed by atoms with van der Waals surface area (Å²) in [6.45, 7) is 10.4. The van der Waals surface area contributed by atoms with Gasteiger partial charge in [-0.3, -0.25) is 15.3 Å². The van der Waals surface area contributed by atoms with Crippen LogP contribution in [0.25, 0.3) is 22.8 Å². The molecular weight excluding hydrogens is 472 g/mol. The molecule has 1 saturated heterocycles. The van der Waals surface area contributed by atoms with E-state index in [2.05, 4.69) is 56.7 Å². The van der Waals surface area contributed by atoms with Gasteiger partial charge >= 0.3 is 6.03 Å². The van der Waals surface area contributed by atoms with Crippen LogP contribution in [0.5, 0.6) is 0 Å². The standard InChI is InChI=1S/C25H32N10O2/c1-25(2,3)20-14-21(32-31-20)30-24(36)28-17-6-4-16(5-7-17)23-29-18(8-9-34-10-12-37-13-11-34)22-19(35(23)26)15-27-33-22/h4-7,14-15H,8-13,26H2,1-3H3,(H3,28,30,31,32,36). The minimum Gasteiger partial charge on any atom is -0.379 e. The number of urea groups is 1. The molecule has 2 aromatic rings. The lowest BCUT2D eigenvalue weighted by molar-refractivity contribution is 0.0383. The molecule has 3 aliphatic heterocycles. The molecule has 0 saturated carbocycles. The van der Waals surface area contributed by atoms with Crippen molar-refractivity contribution in [3.8, 4) is 22.8 Å². The number of carbonyl (C=O) groups is 1. The number of hydrogen-bond acceptors (Lipinski definition) is 8. The Morgan fingerprint density at radius 2 is 1.92 bits per heavy atom. The zero-order valence-corrected chi connectivity index (χ0v) is 21.3. The predicted octanol–water partition coefficient (Wildman–Crippen LogP) is 2.70. The number of carbonyl (C=O) groups excluding carboxylic acids is 1. The zero-order chi connectivity index (χ0) is 26.0. The van der Waals surface area contributed by atoms with Crippen LogP contribution in [0.2, 0.25) is 0 Å². The molecule has 3 aliphatic rings. The first-order valence-electron chi connectivity index (χ1n) is 12.3. The largest absolute Gasteiger partial charge is 0.379 e. The number of rotatable bonds is 6. The zero-order valence-electron chi connectivity index (χ0n) is 21.3. The second-order valence-electron chi connectivity index (χ2n) is 10.1. The lowest BCUT2D eigenvalue weighted by Crippen LogP contribution is -2.37. The molecule has 2 amide bonds. The van der Waals surface area contributed by atoms with Crippen LogP contribution >= 0.6 is 0 Å². The quantitative estimate of drug-likeness (QED) is 0.293. The number of anilines is 2. The Morgan fingerprint density at radius 1 is 1.16 bits per heavy atom. The molecule has 5 rings (SSSR count). The summed E-state index contributed by atoms with van der Waals surface area (Å²) in [4.78, 5) is 19.7. The number of aromatic nitrogens is 6. The number of ether oxygens (including phenoxy) is 1. The topological polar surface area (TPSA) is 152 Å². The molecule has 0 spiro atoms. The van der Waals surface area contributed by atoms with E-state index >= 15 is 0 Å². The summed E-state index contributed by atoms with van der Waals surface area (Å²) >= 11 is 0. The second-order valence-corrected chi connectivity index (χ2v) is 10.1. The van der Waals surface area contributed by atoms with Crippen LogP contribution in [0.15, 0.2) is 36.5 Å². The highest BCUT2D eigenvalue weighted by Crippen LogP contribution is 2.28. The predicted molar refractivity (Wildman–Crippen MR) is 141 cm³/mol. The number of fused-ring (bicyclic) bond motifs is 1. The van der Waals surface area contributed by atoms with E-state index in [0.29, 0.717) is 23.0 Å². The van der Waals surface area contributed by atoms with Gasteiger partial charge in [-0.1, -0.05) is 20.8 Å². The van der Waals surface area contributed by atoms with Gasteiger partial charge in [-0.05, 0) is 24.3 Å². The molecule has 12 heteroatoms. The Balaban J connectivity index is 1.29. The van der Waals surface area contributed by atoms with Crippen molar-refractivity contribution < 1.29 is 9.53 Å². The highest BCUT2D eigenvalue weighted by atomic mass is 16.5. The fourth-order valence-electron chi connectivity index (χ4n) is 4.20. The number of nitrogens with one attached hydrogen (secondary N) is 3. The summed E-state index contributed by atoms with van der Waals surface area (Å²) in [5.74, 6) is 7.46. The average molecular weight is 505 g/mol. The lowest BCUT2D eigenvalue weighted by Gasteiger charge is -2.26. The fraction of sp³-hybridized carbons (Fsp3) is 0.400. The molecule has 5 N–H and O–H groups in total. The van der Waals surface area contributed by atoms with Gasteiger partial charge in [0.05, 0.1) is 25.1 Å². The van der Waals surface area contributed by atoms with Crippen LogP contribution in [0.3, 0.4) is 0 Å². The summed E-state index contributed by atoms with van der Waals surface area (Å²) in [6, 6.07) is 8.80. The Bertz CT molecular complexity index is 1330. The number of nitrogens with two attached hydrogens (primary N) is 1. The van der Waals surface area contributed by atoms with Gasteiger partial charge in [-0.25, -0.2) is 14.5 Å². The Kier molecular flexibility index (Phi) is 6.76. The van der Waals surface area contributed by atoms with Crippen LogP contribution in [-0.4, -0.2) is 73.8 Å². The fourth-order valence-corrected chi connectivity index (χ4v) is 4.20. The molecule has 0 radical (unpaired) electrons. The smallest absolute Gasteiger partial charge is 0.324 e. The van der Waals surface area contributed by atoms with Gasteiger partial charge < -0.3 is 15.9 Å². The highest BCUT2D eigenvalue weighted by molar-refractivity contribution is 5.99. The minimum absolute atomic E-state index is 0.0903. The van der Waals surface area contributed by atoms with Gasteiger partial charge in [0, 0.05) is 54.5 Å². The van der Waals surface area contributed by atoms with Crippen molar-refractivity contribution >= 4 is 17.5 Å². The number of amides is 2. The number of hydrogen-bond donors (Lipinski definition) is 4. The van der Waals surface area contributed by atoms with E-state index < -0.39 is 0 Å². The number of morpholine rings is 1. The molecule has 194 valence electrons. The van der Waals surface area contributed by atoms with E-state index in [0.717, 1.165) is 61.9 Å². The molecule has 0 bridgehead atoms. The summed E-state index contributed by atoms with van der Waals surface area (Å²) in [5, 5.41) is 21.0. The second kappa shape index (κ2) is 10.1. The van der Waals surface area contributed by atoms with E-state index in [1.165, 1.54) is 4.68 Å². The number of nitrogens with zero attached hydrogens (tertiary/aromatic N) is 6. The first kappa shape index (κ1) is 24.7. The molecule has 4 heterocycles. The van der Waals surface area contributed by atoms with E-state index in [1.807, 2.05) is 18.2 Å². The van der Waals surface area contributed by atoms with Crippen molar-refractivity contribution in [3.05, 3.63) is 47.9 Å². The summed E-state index contributed by atoms with van der Waals surface area (Å²) < 4.78 is 6.95. The molecule has 37 heavy (non-hydrogen) atoms. The van der Waals surface area contributed by atoms with E-state index in [1.54, 1.807) is 18.3 Å². The third-order valence-electron chi connectivity index (χ3n) is 6.38. The first-order chi connectivity index (χ1) is 17.8. The van der Waals surface area contributed by atoms with Crippen LogP contribution in [-0.2, 0) is 16.6 Å². The Morgan fingerprint density at radius 3 is 2.62 bits per heavy atom. The third kappa shape index (κ3) is 5.54. The van der Waals surface area contributed by atoms with E-state index in [-0.39, 0.29) is 11.4 Å². The molecule has 1 aromatic heterocycles. The van der Waals surface area contributed by atoms with E-state index in [4.69, 9.17) is 15.6 Å². The summed E-state index contributed by atoms with van der Waals surface area (Å²) in [5.41, 5.74) is 4.57. The van der Waals surface area contributed by atoms with Crippen LogP contribution in [0.1, 0.15) is 32.2 Å². The van der Waals surface area contributed by atoms with Gasteiger partial charge in [0.25, 0.3) is 0 Å². The molecule has 0 unspecified atom stereocenters. The van der Waals surface area contributed by atoms with Gasteiger partial charge in [-0.2, -0.15) is 10.2 Å². The van der Waals surface area contributed by atoms with Crippen LogP contribution in [0.4, 0.5) is 16.3 Å². The molecule has 0 aliphatic carbocycles. The first-order valence-corrected chi connectivity index (χ1v) is 12.3. The Labute approximate surface area is 214 Å². The highest BCUT2D eigenvalue weighted by Gasteiger charge is 2.22. The third-order valence-corrected chi connectivity index (χ3v) is 6.38. The SMILES string of the molecule is CC(C)(C)c1cc(NC(=O)Nc2ccc(-c3nc(CCN4CCOCC4)c4nncc-4n3N)cc2)n[nH]1. The van der Waals surface area contributed by atoms with Crippen molar-refractivity contribution in [3.63, 3.8) is 0 Å². The summed E-state index contributed by atoms with van der Waals surface area (Å²) in [6.07, 6.45) is 2.38. The number of H-pyrrole nitrogens is 1. The average Bonchev–Trinajstić information content (AvgIpc) is 3.55. The van der Waals surface area contributed by atoms with Crippen molar-refractivity contribution in [2.24, 2.45) is 0 Å². The molecular formula is C25H32N10O2. The van der Waals surface area contributed by atoms with Crippen molar-refractivity contribution in [1.29, 1.82) is 0 Å². The number of aromatic amines is 1. The van der Waals surface area contributed by atoms with E-state index in [9.17, 15) is 4.79 Å². The molecule has 1 fully saturated rings. The summed E-state index contributed by atoms with van der Waals surface area (Å²) in [7, 11) is 0. The molecule has 0 atom stereocenters. The lowest BCUT2D eigenvalue weighted by atomic mass is 9.92. The number of nitrogen functional groups attached to an aromatic ring is 1. The van der Waals surface area contributed by atoms with Gasteiger partial charge in [0.15, 0.2) is 11.6 Å². The van der Waals surface area contributed by atoms with Gasteiger partial charge in [0.1, 0.15) is 11.4 Å². The minimum atomic E-state index is -0.382. The maximum atomic E-state index is 12.5. The Hall–Kier alpha value is -4.03. The monoisotopic (exact) mass is 504 g/mol. The number of benzene rings is 1. The van der Waals surface area contributed by atoms with Crippen LogP contribution < -0.4 is 16.5 Å². The normalized spacial score (nSPS) is 14.7.